The summed E-state index contributed by atoms with van der Waals surface area (Å²) < 4.78 is 5.17. The van der Waals surface area contributed by atoms with Gasteiger partial charge < -0.3 is 29.9 Å². The van der Waals surface area contributed by atoms with Crippen molar-refractivity contribution in [3.8, 4) is 0 Å². The Bertz CT molecular complexity index is 1290. The van der Waals surface area contributed by atoms with Crippen molar-refractivity contribution in [1.29, 1.82) is 0 Å². The molecule has 0 radical (unpaired) electrons. The van der Waals surface area contributed by atoms with E-state index in [1.54, 1.807) is 25.7 Å². The van der Waals surface area contributed by atoms with Gasteiger partial charge in [-0.05, 0) is 109 Å². The topological polar surface area (TPSA) is 203 Å². The predicted molar refractivity (Wildman–Crippen MR) is 202 cm³/mol. The van der Waals surface area contributed by atoms with Crippen molar-refractivity contribution in [3.05, 3.63) is 0 Å². The number of nitrogens with one attached hydrogen (secondary N) is 2. The maximum absolute atomic E-state index is 13.2. The molecule has 4 fully saturated rings. The van der Waals surface area contributed by atoms with Crippen LogP contribution in [0, 0.1) is 23.7 Å². The Kier molecular flexibility index (Phi) is 17.7. The van der Waals surface area contributed by atoms with Crippen LogP contribution in [0.15, 0.2) is 0 Å². The molecule has 2 heterocycles. The number of amides is 2. The maximum Gasteiger partial charge on any atom is 0.326 e. The van der Waals surface area contributed by atoms with Gasteiger partial charge in [-0.15, -0.1) is 0 Å². The third-order valence-corrected chi connectivity index (χ3v) is 11.8. The van der Waals surface area contributed by atoms with E-state index in [1.165, 1.54) is 4.90 Å². The van der Waals surface area contributed by atoms with E-state index in [1.807, 2.05) is 13.8 Å². The van der Waals surface area contributed by atoms with E-state index >= 15 is 0 Å². The molecule has 308 valence electrons. The van der Waals surface area contributed by atoms with Gasteiger partial charge in [-0.3, -0.25) is 29.8 Å². The number of aliphatic carboxylic acids is 3. The molecule has 0 bridgehead atoms. The average molecular weight is 765 g/mol. The summed E-state index contributed by atoms with van der Waals surface area (Å²) in [6, 6.07) is -4.29. The number of likely N-dealkylation sites (tertiary alicyclic amines) is 2. The van der Waals surface area contributed by atoms with Crippen molar-refractivity contribution >= 4 is 35.7 Å². The number of fused-ring (bicyclic) bond motifs is 2. The van der Waals surface area contributed by atoms with E-state index in [4.69, 9.17) is 4.74 Å². The number of ether oxygens (including phenoxy) is 1. The number of rotatable bonds is 17. The maximum atomic E-state index is 13.2. The lowest BCUT2D eigenvalue weighted by Gasteiger charge is -2.35. The van der Waals surface area contributed by atoms with Crippen LogP contribution in [-0.2, 0) is 33.5 Å². The van der Waals surface area contributed by atoms with Crippen molar-refractivity contribution < 1.29 is 48.8 Å². The Morgan fingerprint density at radius 1 is 0.611 bits per heavy atom. The summed E-state index contributed by atoms with van der Waals surface area (Å²) in [4.78, 5) is 76.7. The number of hydrogen-bond acceptors (Lipinski definition) is 9. The lowest BCUT2D eigenvalue weighted by atomic mass is 9.84. The van der Waals surface area contributed by atoms with E-state index in [-0.39, 0.29) is 48.3 Å². The van der Waals surface area contributed by atoms with E-state index in [2.05, 4.69) is 24.5 Å². The zero-order chi connectivity index (χ0) is 40.3. The molecular formula is C40H68N4O10. The SMILES string of the molecule is CC(C)CC[C@H](N[C@@H](C)C(=O)N1[C@H](C(=O)O)C[C@H]2CCCC[C@@H]21)C(=O)O.CCOC(=O)[C@H](CCC(C)C)N[C@@H](C)C(=O)N1[C@H](C(=O)O)C[C@H]2CCCC[C@@H]21. The van der Waals surface area contributed by atoms with Gasteiger partial charge in [0.05, 0.1) is 18.7 Å². The fourth-order valence-electron chi connectivity index (χ4n) is 8.98. The zero-order valence-corrected chi connectivity index (χ0v) is 33.6. The second kappa shape index (κ2) is 21.2. The molecule has 4 rings (SSSR count). The molecule has 2 saturated heterocycles. The quantitative estimate of drug-likeness (QED) is 0.128. The van der Waals surface area contributed by atoms with Gasteiger partial charge in [0, 0.05) is 12.1 Å². The molecule has 0 aromatic carbocycles. The van der Waals surface area contributed by atoms with Crippen molar-refractivity contribution in [1.82, 2.24) is 20.4 Å². The Morgan fingerprint density at radius 2 is 1.00 bits per heavy atom. The number of carbonyl (C=O) groups excluding carboxylic acids is 3. The zero-order valence-electron chi connectivity index (χ0n) is 33.6. The monoisotopic (exact) mass is 764 g/mol. The highest BCUT2D eigenvalue weighted by molar-refractivity contribution is 5.89. The highest BCUT2D eigenvalue weighted by Gasteiger charge is 2.50. The van der Waals surface area contributed by atoms with Crippen LogP contribution in [0.3, 0.4) is 0 Å². The van der Waals surface area contributed by atoms with Crippen molar-refractivity contribution in [2.45, 2.75) is 187 Å². The molecule has 2 saturated carbocycles. The Balaban J connectivity index is 0.000000291. The molecule has 14 heteroatoms. The van der Waals surface area contributed by atoms with Crippen LogP contribution in [0.1, 0.15) is 138 Å². The van der Waals surface area contributed by atoms with Gasteiger partial charge in [0.1, 0.15) is 24.2 Å². The summed E-state index contributed by atoms with van der Waals surface area (Å²) in [6.45, 7) is 13.6. The van der Waals surface area contributed by atoms with Crippen LogP contribution in [0.25, 0.3) is 0 Å². The summed E-state index contributed by atoms with van der Waals surface area (Å²) in [5.74, 6) is -2.41. The normalized spacial score (nSPS) is 27.2. The van der Waals surface area contributed by atoms with Gasteiger partial charge in [0.25, 0.3) is 0 Å². The minimum atomic E-state index is -0.975. The smallest absolute Gasteiger partial charge is 0.326 e. The second-order valence-electron chi connectivity index (χ2n) is 16.8. The summed E-state index contributed by atoms with van der Waals surface area (Å²) in [6.07, 6.45) is 11.5. The number of nitrogens with zero attached hydrogens (tertiary/aromatic N) is 2. The number of hydrogen-bond donors (Lipinski definition) is 5. The first-order valence-corrected chi connectivity index (χ1v) is 20.5. The first-order valence-electron chi connectivity index (χ1n) is 20.5. The van der Waals surface area contributed by atoms with E-state index in [9.17, 15) is 44.1 Å². The van der Waals surface area contributed by atoms with Gasteiger partial charge >= 0.3 is 23.9 Å². The second-order valence-corrected chi connectivity index (χ2v) is 16.8. The molecule has 0 aromatic heterocycles. The van der Waals surface area contributed by atoms with Gasteiger partial charge in [-0.2, -0.15) is 0 Å². The molecule has 5 N–H and O–H groups in total. The van der Waals surface area contributed by atoms with Crippen LogP contribution in [0.5, 0.6) is 0 Å². The molecule has 14 nitrogen and oxygen atoms in total. The largest absolute Gasteiger partial charge is 0.480 e. The van der Waals surface area contributed by atoms with Gasteiger partial charge in [-0.1, -0.05) is 53.4 Å². The number of esters is 1. The summed E-state index contributed by atoms with van der Waals surface area (Å²) in [5, 5.41) is 34.7. The van der Waals surface area contributed by atoms with Gasteiger partial charge in [0.15, 0.2) is 0 Å². The average Bonchev–Trinajstić information content (AvgIpc) is 3.71. The first-order chi connectivity index (χ1) is 25.5. The lowest BCUT2D eigenvalue weighted by molar-refractivity contribution is -0.152. The Morgan fingerprint density at radius 3 is 1.37 bits per heavy atom. The standard InChI is InChI=1S/C21H36N2O5.C19H32N2O5/c1-5-28-21(27)16(11-10-13(2)3)22-14(4)19(24)23-17-9-7-6-8-15(17)12-18(23)20(25)26;1-11(2)8-9-14(18(23)24)20-12(3)17(22)21-15-7-5-4-6-13(15)10-16(21)19(25)26/h13-18,22H,5-12H2,1-4H3,(H,25,26);11-16,20H,4-10H2,1-3H3,(H,23,24)(H,25,26)/t14-,15+,16-,17-,18-;12-,13+,14-,15-,16-/m00/s1. The van der Waals surface area contributed by atoms with Gasteiger partial charge in [-0.25, -0.2) is 9.59 Å². The molecule has 2 aliphatic heterocycles. The Hall–Kier alpha value is -3.26. The fraction of sp³-hybridized carbons (Fsp3) is 0.850. The molecule has 4 aliphatic rings. The molecule has 2 aliphatic carbocycles. The van der Waals surface area contributed by atoms with Gasteiger partial charge in [0.2, 0.25) is 11.8 Å². The molecule has 10 atom stereocenters. The van der Waals surface area contributed by atoms with Crippen molar-refractivity contribution in [3.63, 3.8) is 0 Å². The molecule has 2 amide bonds. The van der Waals surface area contributed by atoms with E-state index in [0.29, 0.717) is 37.5 Å². The number of carbonyl (C=O) groups is 6. The first kappa shape index (κ1) is 45.1. The van der Waals surface area contributed by atoms with Crippen molar-refractivity contribution in [2.24, 2.45) is 23.7 Å². The summed E-state index contributed by atoms with van der Waals surface area (Å²) in [7, 11) is 0. The van der Waals surface area contributed by atoms with Crippen LogP contribution in [0.2, 0.25) is 0 Å². The highest BCUT2D eigenvalue weighted by Crippen LogP contribution is 2.41. The van der Waals surface area contributed by atoms with Crippen LogP contribution in [-0.4, -0.2) is 116 Å². The molecule has 0 aromatic rings. The predicted octanol–water partition coefficient (Wildman–Crippen LogP) is 4.67. The molecule has 54 heavy (non-hydrogen) atoms. The Labute approximate surface area is 321 Å². The fourth-order valence-corrected chi connectivity index (χ4v) is 8.98. The lowest BCUT2D eigenvalue weighted by Crippen LogP contribution is -2.55. The molecular weight excluding hydrogens is 696 g/mol. The van der Waals surface area contributed by atoms with Crippen LogP contribution in [0.4, 0.5) is 0 Å². The molecule has 0 spiro atoms. The summed E-state index contributed by atoms with van der Waals surface area (Å²) >= 11 is 0. The van der Waals surface area contributed by atoms with E-state index in [0.717, 1.165) is 64.2 Å². The summed E-state index contributed by atoms with van der Waals surface area (Å²) in [5.41, 5.74) is 0. The number of carboxylic acid groups (broad SMARTS) is 3. The minimum Gasteiger partial charge on any atom is -0.480 e. The van der Waals surface area contributed by atoms with Crippen LogP contribution < -0.4 is 10.6 Å². The van der Waals surface area contributed by atoms with Crippen molar-refractivity contribution in [2.75, 3.05) is 6.61 Å². The minimum absolute atomic E-state index is 0.00306. The highest BCUT2D eigenvalue weighted by atomic mass is 16.5. The van der Waals surface area contributed by atoms with Crippen LogP contribution >= 0.6 is 0 Å². The number of carboxylic acids is 3. The molecule has 0 unspecified atom stereocenters. The van der Waals surface area contributed by atoms with E-state index < -0.39 is 54.2 Å². The third kappa shape index (κ3) is 12.1. The third-order valence-electron chi connectivity index (χ3n) is 11.8.